The molecule has 0 bridgehead atoms. The van der Waals surface area contributed by atoms with Crippen molar-refractivity contribution >= 4 is 0 Å². The molecular formula is C3H4N2O3-2. The number of hydroxylamine groups is 1. The molecule has 0 fully saturated rings. The van der Waals surface area contributed by atoms with Gasteiger partial charge >= 0.3 is 0 Å². The van der Waals surface area contributed by atoms with Crippen LogP contribution in [0.5, 0.6) is 0 Å². The Morgan fingerprint density at radius 3 is 2.38 bits per heavy atom. The molecule has 0 unspecified atom stereocenters. The van der Waals surface area contributed by atoms with E-state index in [0.717, 1.165) is 6.92 Å². The highest BCUT2D eigenvalue weighted by Crippen LogP contribution is 1.80. The van der Waals surface area contributed by atoms with Gasteiger partial charge in [-0.05, 0) is 12.2 Å². The second-order valence-electron chi connectivity index (χ2n) is 1.12. The Labute approximate surface area is 45.7 Å². The molecular weight excluding hydrogens is 112 g/mol. The van der Waals surface area contributed by atoms with E-state index in [4.69, 9.17) is 0 Å². The lowest BCUT2D eigenvalue weighted by Gasteiger charge is -2.00. The van der Waals surface area contributed by atoms with Crippen LogP contribution in [0.3, 0.4) is 0 Å². The van der Waals surface area contributed by atoms with Gasteiger partial charge in [0.15, 0.2) is 6.20 Å². The molecule has 0 amide bonds. The van der Waals surface area contributed by atoms with Crippen LogP contribution in [-0.2, 0) is 0 Å². The van der Waals surface area contributed by atoms with Crippen LogP contribution in [0.25, 0.3) is 0 Å². The van der Waals surface area contributed by atoms with E-state index in [2.05, 4.69) is 0 Å². The molecule has 46 valence electrons. The Morgan fingerprint density at radius 2 is 2.25 bits per heavy atom. The average Bonchev–Trinajstić information content (AvgIpc) is 1.65. The summed E-state index contributed by atoms with van der Waals surface area (Å²) in [4.78, 5) is -0.331. The topological polar surface area (TPSA) is 84.5 Å². The maximum atomic E-state index is 9.92. The van der Waals surface area contributed by atoms with Gasteiger partial charge in [-0.15, -0.1) is 0 Å². The Hall–Kier alpha value is -1.26. The summed E-state index contributed by atoms with van der Waals surface area (Å²) < 4.78 is 0. The molecule has 0 aromatic heterocycles. The summed E-state index contributed by atoms with van der Waals surface area (Å²) in [6.45, 7) is 1.15. The molecule has 5 nitrogen and oxygen atoms in total. The molecule has 0 spiro atoms. The molecule has 8 heavy (non-hydrogen) atoms. The van der Waals surface area contributed by atoms with Gasteiger partial charge in [0.2, 0.25) is 0 Å². The van der Waals surface area contributed by atoms with Gasteiger partial charge in [0, 0.05) is 0 Å². The third-order valence-corrected chi connectivity index (χ3v) is 0.373. The zero-order valence-electron chi connectivity index (χ0n) is 4.20. The van der Waals surface area contributed by atoms with Gasteiger partial charge < -0.3 is 15.5 Å². The van der Waals surface area contributed by atoms with Gasteiger partial charge in [-0.2, -0.15) is 0 Å². The highest BCUT2D eigenvalue weighted by Gasteiger charge is 1.75. The van der Waals surface area contributed by atoms with Crippen LogP contribution in [0.15, 0.2) is 17.2 Å². The maximum absolute atomic E-state index is 9.92. The van der Waals surface area contributed by atoms with Crippen LogP contribution in [0, 0.1) is 10.4 Å². The first-order chi connectivity index (χ1) is 3.66. The zero-order valence-corrected chi connectivity index (χ0v) is 4.20. The smallest absolute Gasteiger partial charge is 0.197 e. The number of hydrogen-bond donors (Lipinski definition) is 0. The first kappa shape index (κ1) is 6.74. The molecule has 0 aliphatic rings. The fraction of sp³-hybridized carbons (Fsp3) is 0.333. The molecule has 0 N–H and O–H groups in total. The lowest BCUT2D eigenvalue weighted by Crippen LogP contribution is -2.01. The van der Waals surface area contributed by atoms with Crippen LogP contribution < -0.4 is 5.11 Å². The fourth-order valence-corrected chi connectivity index (χ4v) is 0.179. The van der Waals surface area contributed by atoms with E-state index in [1.165, 1.54) is 0 Å². The summed E-state index contributed by atoms with van der Waals surface area (Å²) in [7, 11) is 0. The lowest BCUT2D eigenvalue weighted by molar-refractivity contribution is -0.465. The third-order valence-electron chi connectivity index (χ3n) is 0.373. The minimum absolute atomic E-state index is 0.331. The molecule has 0 rings (SSSR count). The summed E-state index contributed by atoms with van der Waals surface area (Å²) in [5.41, 5.74) is 0. The summed E-state index contributed by atoms with van der Waals surface area (Å²) in [5.74, 6) is -0.500. The van der Waals surface area contributed by atoms with Crippen LogP contribution in [0.2, 0.25) is 0 Å². The van der Waals surface area contributed by atoms with E-state index < -0.39 is 5.76 Å². The van der Waals surface area contributed by atoms with E-state index in [0.29, 0.717) is 6.20 Å². The van der Waals surface area contributed by atoms with Crippen molar-refractivity contribution in [1.29, 1.82) is 0 Å². The van der Waals surface area contributed by atoms with Gasteiger partial charge in [-0.3, -0.25) is 0 Å². The van der Waals surface area contributed by atoms with Crippen molar-refractivity contribution in [3.05, 3.63) is 22.4 Å². The number of hydrogen-bond acceptors (Lipinski definition) is 4. The Bertz CT molecular complexity index is 124. The predicted molar refractivity (Wildman–Crippen MR) is 23.2 cm³/mol. The highest BCUT2D eigenvalue weighted by atomic mass is 16.6. The van der Waals surface area contributed by atoms with E-state index in [9.17, 15) is 15.5 Å². The summed E-state index contributed by atoms with van der Waals surface area (Å²) in [6, 6.07) is 0. The van der Waals surface area contributed by atoms with Crippen molar-refractivity contribution in [2.45, 2.75) is 6.92 Å². The van der Waals surface area contributed by atoms with Crippen molar-refractivity contribution in [2.75, 3.05) is 0 Å². The third kappa shape index (κ3) is 2.95. The summed E-state index contributed by atoms with van der Waals surface area (Å²) in [5, 5.41) is 30.8. The number of rotatable bonds is 1. The Morgan fingerprint density at radius 1 is 1.75 bits per heavy atom. The van der Waals surface area contributed by atoms with Crippen LogP contribution >= 0.6 is 0 Å². The molecule has 0 heterocycles. The molecule has 0 aromatic rings. The fourth-order valence-electron chi connectivity index (χ4n) is 0.179. The Kier molecular flexibility index (Phi) is 2.39. The van der Waals surface area contributed by atoms with Crippen molar-refractivity contribution in [1.82, 2.24) is 0 Å². The molecule has 0 aliphatic carbocycles. The molecule has 0 aromatic carbocycles. The largest absolute Gasteiger partial charge is 0.872 e. The molecule has 0 atom stereocenters. The zero-order chi connectivity index (χ0) is 6.57. The SMILES string of the molecule is C/C([O-])=C/[N+]([O-])=N/[O-]. The average molecular weight is 116 g/mol. The standard InChI is InChI=1S/C3H6N2O3/c1-3(6)2-5(8)4-7/h2,6-7H,1H3/p-2/b3-2-,5-4-. The normalized spacial score (nSPS) is 14.1. The predicted octanol–water partition coefficient (Wildman–Crippen LogP) is -0.332. The van der Waals surface area contributed by atoms with E-state index >= 15 is 0 Å². The highest BCUT2D eigenvalue weighted by molar-refractivity contribution is 4.72. The minimum atomic E-state index is -0.500. The van der Waals surface area contributed by atoms with Crippen LogP contribution in [0.4, 0.5) is 0 Å². The van der Waals surface area contributed by atoms with E-state index in [-0.39, 0.29) is 4.86 Å². The first-order valence-corrected chi connectivity index (χ1v) is 1.82. The van der Waals surface area contributed by atoms with Gasteiger partial charge in [-0.25, -0.2) is 0 Å². The monoisotopic (exact) mass is 116 g/mol. The van der Waals surface area contributed by atoms with Crippen molar-refractivity contribution < 1.29 is 9.97 Å². The van der Waals surface area contributed by atoms with Crippen LogP contribution in [-0.4, -0.2) is 4.86 Å². The maximum Gasteiger partial charge on any atom is 0.197 e. The quantitative estimate of drug-likeness (QED) is 0.203. The molecule has 5 heteroatoms. The lowest BCUT2D eigenvalue weighted by atomic mass is 10.6. The Balaban J connectivity index is 3.89. The number of nitrogens with zero attached hydrogens (tertiary/aromatic N) is 2. The van der Waals surface area contributed by atoms with Crippen molar-refractivity contribution in [3.8, 4) is 0 Å². The van der Waals surface area contributed by atoms with Crippen LogP contribution in [0.1, 0.15) is 6.92 Å². The molecule has 0 radical (unpaired) electrons. The van der Waals surface area contributed by atoms with Crippen molar-refractivity contribution in [2.24, 2.45) is 5.28 Å². The second-order valence-corrected chi connectivity index (χ2v) is 1.12. The van der Waals surface area contributed by atoms with Gasteiger partial charge in [-0.1, -0.05) is 10.6 Å². The second kappa shape index (κ2) is 2.84. The number of allylic oxidation sites excluding steroid dienone is 1. The molecule has 0 aliphatic heterocycles. The minimum Gasteiger partial charge on any atom is -0.872 e. The van der Waals surface area contributed by atoms with E-state index in [1.54, 1.807) is 0 Å². The summed E-state index contributed by atoms with van der Waals surface area (Å²) >= 11 is 0. The summed E-state index contributed by atoms with van der Waals surface area (Å²) in [6.07, 6.45) is 0.549. The van der Waals surface area contributed by atoms with E-state index in [1.807, 2.05) is 5.28 Å². The first-order valence-electron chi connectivity index (χ1n) is 1.82. The van der Waals surface area contributed by atoms with Gasteiger partial charge in [0.1, 0.15) is 0 Å². The molecule has 0 saturated heterocycles. The van der Waals surface area contributed by atoms with Crippen molar-refractivity contribution in [3.63, 3.8) is 0 Å². The van der Waals surface area contributed by atoms with Gasteiger partial charge in [0.05, 0.1) is 0 Å². The van der Waals surface area contributed by atoms with Gasteiger partial charge in [0.25, 0.3) is 0 Å². The molecule has 0 saturated carbocycles.